The van der Waals surface area contributed by atoms with Crippen LogP contribution in [0.2, 0.25) is 0 Å². The van der Waals surface area contributed by atoms with Gasteiger partial charge in [0, 0.05) is 17.5 Å². The summed E-state index contributed by atoms with van der Waals surface area (Å²) >= 11 is 0. The number of benzene rings is 1. The van der Waals surface area contributed by atoms with Crippen molar-refractivity contribution in [1.82, 2.24) is 0 Å². The average molecular weight is 193 g/mol. The maximum absolute atomic E-state index is 12.9. The molecule has 14 heavy (non-hydrogen) atoms. The molecule has 1 aromatic carbocycles. The SMILES string of the molecule is NCC1(C(=O)c2cccc(F)c2)CC1. The number of Topliss-reactive ketones (excluding diaryl/α,β-unsaturated/α-hetero) is 1. The molecule has 1 aromatic rings. The zero-order valence-electron chi connectivity index (χ0n) is 7.79. The summed E-state index contributed by atoms with van der Waals surface area (Å²) in [7, 11) is 0. The highest BCUT2D eigenvalue weighted by Gasteiger charge is 2.48. The topological polar surface area (TPSA) is 43.1 Å². The predicted octanol–water partition coefficient (Wildman–Crippen LogP) is 1.75. The van der Waals surface area contributed by atoms with Crippen molar-refractivity contribution in [3.05, 3.63) is 35.6 Å². The standard InChI is InChI=1S/C11H12FNO/c12-9-3-1-2-8(6-9)10(14)11(7-13)4-5-11/h1-3,6H,4-5,7,13H2. The number of rotatable bonds is 3. The van der Waals surface area contributed by atoms with Gasteiger partial charge in [0.2, 0.25) is 0 Å². The van der Waals surface area contributed by atoms with Crippen LogP contribution in [0.5, 0.6) is 0 Å². The molecule has 1 saturated carbocycles. The summed E-state index contributed by atoms with van der Waals surface area (Å²) in [6, 6.07) is 5.80. The summed E-state index contributed by atoms with van der Waals surface area (Å²) in [4.78, 5) is 11.9. The normalized spacial score (nSPS) is 17.9. The van der Waals surface area contributed by atoms with Crippen molar-refractivity contribution in [2.75, 3.05) is 6.54 Å². The van der Waals surface area contributed by atoms with Gasteiger partial charge in [-0.3, -0.25) is 4.79 Å². The Kier molecular flexibility index (Phi) is 2.11. The second kappa shape index (κ2) is 3.17. The van der Waals surface area contributed by atoms with Crippen molar-refractivity contribution in [2.45, 2.75) is 12.8 Å². The van der Waals surface area contributed by atoms with Crippen LogP contribution in [0.15, 0.2) is 24.3 Å². The minimum absolute atomic E-state index is 0.0144. The first-order chi connectivity index (χ1) is 6.68. The molecule has 0 aliphatic heterocycles. The summed E-state index contributed by atoms with van der Waals surface area (Å²) in [6.07, 6.45) is 1.66. The van der Waals surface area contributed by atoms with Gasteiger partial charge >= 0.3 is 0 Å². The molecule has 0 aromatic heterocycles. The Hall–Kier alpha value is -1.22. The first-order valence-electron chi connectivity index (χ1n) is 4.68. The molecule has 0 unspecified atom stereocenters. The summed E-state index contributed by atoms with van der Waals surface area (Å²) < 4.78 is 12.9. The second-order valence-electron chi connectivity index (χ2n) is 3.82. The van der Waals surface area contributed by atoms with E-state index in [-0.39, 0.29) is 17.0 Å². The van der Waals surface area contributed by atoms with Gasteiger partial charge in [0.05, 0.1) is 0 Å². The fourth-order valence-electron chi connectivity index (χ4n) is 1.61. The molecule has 2 nitrogen and oxygen atoms in total. The molecule has 0 saturated heterocycles. The van der Waals surface area contributed by atoms with E-state index in [1.165, 1.54) is 12.1 Å². The lowest BCUT2D eigenvalue weighted by molar-refractivity contribution is 0.0905. The fourth-order valence-corrected chi connectivity index (χ4v) is 1.61. The largest absolute Gasteiger partial charge is 0.329 e. The summed E-state index contributed by atoms with van der Waals surface area (Å²) in [5.41, 5.74) is 5.59. The molecule has 0 spiro atoms. The monoisotopic (exact) mass is 193 g/mol. The van der Waals surface area contributed by atoms with Gasteiger partial charge in [-0.2, -0.15) is 0 Å². The van der Waals surface area contributed by atoms with Gasteiger partial charge in [-0.05, 0) is 25.0 Å². The molecular formula is C11H12FNO. The number of hydrogen-bond acceptors (Lipinski definition) is 2. The van der Waals surface area contributed by atoms with Gasteiger partial charge in [-0.1, -0.05) is 12.1 Å². The van der Waals surface area contributed by atoms with Crippen molar-refractivity contribution >= 4 is 5.78 Å². The van der Waals surface area contributed by atoms with Gasteiger partial charge in [0.15, 0.2) is 5.78 Å². The molecule has 0 radical (unpaired) electrons. The third-order valence-corrected chi connectivity index (χ3v) is 2.81. The van der Waals surface area contributed by atoms with Gasteiger partial charge in [0.1, 0.15) is 5.82 Å². The van der Waals surface area contributed by atoms with E-state index in [2.05, 4.69) is 0 Å². The van der Waals surface area contributed by atoms with Crippen LogP contribution in [0.4, 0.5) is 4.39 Å². The van der Waals surface area contributed by atoms with Crippen molar-refractivity contribution in [3.8, 4) is 0 Å². The van der Waals surface area contributed by atoms with Crippen LogP contribution in [-0.4, -0.2) is 12.3 Å². The van der Waals surface area contributed by atoms with Crippen LogP contribution in [-0.2, 0) is 0 Å². The molecule has 1 aliphatic carbocycles. The first kappa shape index (κ1) is 9.34. The predicted molar refractivity (Wildman–Crippen MR) is 51.5 cm³/mol. The molecule has 2 N–H and O–H groups in total. The van der Waals surface area contributed by atoms with Crippen LogP contribution in [0.25, 0.3) is 0 Å². The Morgan fingerprint density at radius 3 is 2.71 bits per heavy atom. The average Bonchev–Trinajstić information content (AvgIpc) is 2.97. The van der Waals surface area contributed by atoms with E-state index in [4.69, 9.17) is 5.73 Å². The second-order valence-corrected chi connectivity index (χ2v) is 3.82. The number of carbonyl (C=O) groups excluding carboxylic acids is 1. The molecule has 1 fully saturated rings. The van der Waals surface area contributed by atoms with Crippen LogP contribution < -0.4 is 5.73 Å². The third-order valence-electron chi connectivity index (χ3n) is 2.81. The van der Waals surface area contributed by atoms with Crippen molar-refractivity contribution < 1.29 is 9.18 Å². The van der Waals surface area contributed by atoms with E-state index >= 15 is 0 Å². The van der Waals surface area contributed by atoms with Crippen LogP contribution in [0.1, 0.15) is 23.2 Å². The van der Waals surface area contributed by atoms with E-state index in [9.17, 15) is 9.18 Å². The minimum Gasteiger partial charge on any atom is -0.329 e. The molecule has 2 rings (SSSR count). The lowest BCUT2D eigenvalue weighted by atomic mass is 9.95. The first-order valence-corrected chi connectivity index (χ1v) is 4.68. The van der Waals surface area contributed by atoms with Crippen molar-refractivity contribution in [3.63, 3.8) is 0 Å². The molecule has 0 heterocycles. The molecule has 3 heteroatoms. The summed E-state index contributed by atoms with van der Waals surface area (Å²) in [5.74, 6) is -0.386. The highest BCUT2D eigenvalue weighted by Crippen LogP contribution is 2.47. The molecule has 0 atom stereocenters. The zero-order valence-corrected chi connectivity index (χ0v) is 7.79. The lowest BCUT2D eigenvalue weighted by Crippen LogP contribution is -2.25. The molecule has 74 valence electrons. The van der Waals surface area contributed by atoms with E-state index < -0.39 is 0 Å². The van der Waals surface area contributed by atoms with Gasteiger partial charge in [-0.15, -0.1) is 0 Å². The van der Waals surface area contributed by atoms with Gasteiger partial charge in [0.25, 0.3) is 0 Å². The number of nitrogens with two attached hydrogens (primary N) is 1. The maximum Gasteiger partial charge on any atom is 0.170 e. The summed E-state index contributed by atoms with van der Waals surface area (Å²) in [6.45, 7) is 0.363. The highest BCUT2D eigenvalue weighted by atomic mass is 19.1. The minimum atomic E-state index is -0.381. The van der Waals surface area contributed by atoms with Crippen LogP contribution in [0, 0.1) is 11.2 Å². The maximum atomic E-state index is 12.9. The Balaban J connectivity index is 2.28. The van der Waals surface area contributed by atoms with E-state index in [0.717, 1.165) is 12.8 Å². The zero-order chi connectivity index (χ0) is 10.2. The molecule has 0 amide bonds. The van der Waals surface area contributed by atoms with Gasteiger partial charge in [-0.25, -0.2) is 4.39 Å². The van der Waals surface area contributed by atoms with E-state index in [0.29, 0.717) is 12.1 Å². The van der Waals surface area contributed by atoms with Crippen LogP contribution >= 0.6 is 0 Å². The molecular weight excluding hydrogens is 181 g/mol. The number of halogens is 1. The third kappa shape index (κ3) is 1.44. The lowest BCUT2D eigenvalue weighted by Gasteiger charge is -2.10. The van der Waals surface area contributed by atoms with Crippen LogP contribution in [0.3, 0.4) is 0 Å². The Morgan fingerprint density at radius 2 is 2.21 bits per heavy atom. The summed E-state index contributed by atoms with van der Waals surface area (Å²) in [5, 5.41) is 0. The van der Waals surface area contributed by atoms with E-state index in [1.807, 2.05) is 0 Å². The number of ketones is 1. The quantitative estimate of drug-likeness (QED) is 0.743. The Morgan fingerprint density at radius 1 is 1.50 bits per heavy atom. The van der Waals surface area contributed by atoms with Gasteiger partial charge < -0.3 is 5.73 Å². The van der Waals surface area contributed by atoms with Crippen molar-refractivity contribution in [2.24, 2.45) is 11.1 Å². The van der Waals surface area contributed by atoms with E-state index in [1.54, 1.807) is 12.1 Å². The Labute approximate surface area is 81.9 Å². The Bertz CT molecular complexity index is 371. The van der Waals surface area contributed by atoms with Crippen molar-refractivity contribution in [1.29, 1.82) is 0 Å². The number of carbonyl (C=O) groups is 1. The highest BCUT2D eigenvalue weighted by molar-refractivity contribution is 6.02. The number of hydrogen-bond donors (Lipinski definition) is 1. The fraction of sp³-hybridized carbons (Fsp3) is 0.364. The smallest absolute Gasteiger partial charge is 0.170 e. The molecule has 0 bridgehead atoms. The molecule has 1 aliphatic rings.